The lowest BCUT2D eigenvalue weighted by molar-refractivity contribution is -0.130. The fourth-order valence-electron chi connectivity index (χ4n) is 3.02. The van der Waals surface area contributed by atoms with Crippen LogP contribution < -0.4 is 10.6 Å². The van der Waals surface area contributed by atoms with E-state index < -0.39 is 0 Å². The molecule has 0 bridgehead atoms. The van der Waals surface area contributed by atoms with Gasteiger partial charge in [0, 0.05) is 6.54 Å². The van der Waals surface area contributed by atoms with E-state index in [0.29, 0.717) is 0 Å². The maximum Gasteiger partial charge on any atom is 0.240 e. The van der Waals surface area contributed by atoms with Crippen molar-refractivity contribution < 1.29 is 9.59 Å². The molecule has 2 N–H and O–H groups in total. The molecule has 2 amide bonds. The highest BCUT2D eigenvalue weighted by atomic mass is 16.2. The SMILES string of the molecule is C#CCNC(=O)CNC(=O)[C@H]1CCCCN1Cc1cccc(C)c1. The zero-order valence-corrected chi connectivity index (χ0v) is 14.2. The van der Waals surface area contributed by atoms with Crippen molar-refractivity contribution in [3.05, 3.63) is 35.4 Å². The van der Waals surface area contributed by atoms with Gasteiger partial charge in [0.1, 0.15) is 0 Å². The second-order valence-electron chi connectivity index (χ2n) is 6.17. The molecule has 1 aromatic carbocycles. The Hall–Kier alpha value is -2.32. The van der Waals surface area contributed by atoms with E-state index in [9.17, 15) is 9.59 Å². The summed E-state index contributed by atoms with van der Waals surface area (Å²) in [4.78, 5) is 26.2. The molecule has 0 aromatic heterocycles. The number of nitrogens with one attached hydrogen (secondary N) is 2. The standard InChI is InChI=1S/C19H25N3O2/c1-3-10-20-18(23)13-21-19(24)17-9-4-5-11-22(17)14-16-8-6-7-15(2)12-16/h1,6-8,12,17H,4-5,9-11,13-14H2,2H3,(H,20,23)(H,21,24)/t17-/m1/s1. The van der Waals surface area contributed by atoms with Crippen molar-refractivity contribution >= 4 is 11.8 Å². The second kappa shape index (κ2) is 9.09. The van der Waals surface area contributed by atoms with Crippen LogP contribution in [0.15, 0.2) is 24.3 Å². The van der Waals surface area contributed by atoms with Gasteiger partial charge in [0.15, 0.2) is 0 Å². The van der Waals surface area contributed by atoms with E-state index in [1.807, 2.05) is 6.07 Å². The molecule has 0 unspecified atom stereocenters. The Morgan fingerprint density at radius 2 is 2.17 bits per heavy atom. The number of nitrogens with zero attached hydrogens (tertiary/aromatic N) is 1. The van der Waals surface area contributed by atoms with Gasteiger partial charge in [-0.25, -0.2) is 0 Å². The van der Waals surface area contributed by atoms with Gasteiger partial charge in [-0.05, 0) is 31.9 Å². The molecule has 24 heavy (non-hydrogen) atoms. The fraction of sp³-hybridized carbons (Fsp3) is 0.474. The number of hydrogen-bond donors (Lipinski definition) is 2. The molecule has 1 aliphatic rings. The highest BCUT2D eigenvalue weighted by molar-refractivity contribution is 5.87. The van der Waals surface area contributed by atoms with Crippen LogP contribution in [0.3, 0.4) is 0 Å². The Morgan fingerprint density at radius 3 is 2.92 bits per heavy atom. The van der Waals surface area contributed by atoms with Crippen molar-refractivity contribution in [1.29, 1.82) is 0 Å². The van der Waals surface area contributed by atoms with Gasteiger partial charge >= 0.3 is 0 Å². The van der Waals surface area contributed by atoms with Crippen LogP contribution in [0.5, 0.6) is 0 Å². The van der Waals surface area contributed by atoms with Gasteiger partial charge in [0.25, 0.3) is 0 Å². The van der Waals surface area contributed by atoms with Gasteiger partial charge in [0.05, 0.1) is 19.1 Å². The van der Waals surface area contributed by atoms with Crippen LogP contribution in [0.1, 0.15) is 30.4 Å². The molecule has 1 saturated heterocycles. The molecule has 1 heterocycles. The van der Waals surface area contributed by atoms with Crippen LogP contribution >= 0.6 is 0 Å². The number of aryl methyl sites for hydroxylation is 1. The highest BCUT2D eigenvalue weighted by Gasteiger charge is 2.28. The maximum atomic E-state index is 12.5. The largest absolute Gasteiger partial charge is 0.346 e. The van der Waals surface area contributed by atoms with Gasteiger partial charge in [-0.3, -0.25) is 14.5 Å². The van der Waals surface area contributed by atoms with E-state index in [1.165, 1.54) is 11.1 Å². The molecule has 0 saturated carbocycles. The number of terminal acetylenes is 1. The quantitative estimate of drug-likeness (QED) is 0.772. The minimum atomic E-state index is -0.262. The molecule has 128 valence electrons. The molecule has 1 atom stereocenters. The zero-order valence-electron chi connectivity index (χ0n) is 14.2. The normalized spacial score (nSPS) is 17.8. The maximum absolute atomic E-state index is 12.5. The summed E-state index contributed by atoms with van der Waals surface area (Å²) in [5, 5.41) is 5.27. The average molecular weight is 327 g/mol. The lowest BCUT2D eigenvalue weighted by atomic mass is 10.00. The van der Waals surface area contributed by atoms with Gasteiger partial charge in [-0.1, -0.05) is 42.2 Å². The van der Waals surface area contributed by atoms with Crippen LogP contribution in [0, 0.1) is 19.3 Å². The first-order valence-electron chi connectivity index (χ1n) is 8.37. The third-order valence-corrected chi connectivity index (χ3v) is 4.20. The summed E-state index contributed by atoms with van der Waals surface area (Å²) in [5.41, 5.74) is 2.43. The molecule has 1 aliphatic heterocycles. The summed E-state index contributed by atoms with van der Waals surface area (Å²) in [6.07, 6.45) is 8.04. The lowest BCUT2D eigenvalue weighted by Crippen LogP contribution is -2.50. The smallest absolute Gasteiger partial charge is 0.240 e. The monoisotopic (exact) mass is 327 g/mol. The third-order valence-electron chi connectivity index (χ3n) is 4.20. The van der Waals surface area contributed by atoms with E-state index >= 15 is 0 Å². The van der Waals surface area contributed by atoms with Gasteiger partial charge < -0.3 is 10.6 Å². The molecule has 2 rings (SSSR count). The number of benzene rings is 1. The number of piperidine rings is 1. The van der Waals surface area contributed by atoms with Crippen LogP contribution in [-0.4, -0.2) is 42.4 Å². The predicted molar refractivity (Wildman–Crippen MR) is 94.1 cm³/mol. The molecule has 0 radical (unpaired) electrons. The van der Waals surface area contributed by atoms with Crippen LogP contribution in [0.4, 0.5) is 0 Å². The Bertz CT molecular complexity index is 621. The van der Waals surface area contributed by atoms with Crippen molar-refractivity contribution in [1.82, 2.24) is 15.5 Å². The zero-order chi connectivity index (χ0) is 17.4. The number of carbonyl (C=O) groups excluding carboxylic acids is 2. The summed E-state index contributed by atoms with van der Waals surface area (Å²) in [7, 11) is 0. The van der Waals surface area contributed by atoms with Crippen molar-refractivity contribution in [2.75, 3.05) is 19.6 Å². The highest BCUT2D eigenvalue weighted by Crippen LogP contribution is 2.20. The van der Waals surface area contributed by atoms with E-state index in [-0.39, 0.29) is 30.9 Å². The number of rotatable bonds is 6. The Balaban J connectivity index is 1.92. The summed E-state index contributed by atoms with van der Waals surface area (Å²) in [5.74, 6) is 1.99. The Morgan fingerprint density at radius 1 is 1.33 bits per heavy atom. The van der Waals surface area contributed by atoms with E-state index in [2.05, 4.69) is 46.6 Å². The number of carbonyl (C=O) groups is 2. The number of amides is 2. The Labute approximate surface area is 143 Å². The first-order valence-corrected chi connectivity index (χ1v) is 8.37. The molecule has 1 fully saturated rings. The first-order chi connectivity index (χ1) is 11.6. The Kier molecular flexibility index (Phi) is 6.83. The molecule has 5 nitrogen and oxygen atoms in total. The summed E-state index contributed by atoms with van der Waals surface area (Å²) < 4.78 is 0. The minimum Gasteiger partial charge on any atom is -0.346 e. The first kappa shape index (κ1) is 18.0. The van der Waals surface area contributed by atoms with Gasteiger partial charge in [-0.15, -0.1) is 6.42 Å². The summed E-state index contributed by atoms with van der Waals surface area (Å²) >= 11 is 0. The van der Waals surface area contributed by atoms with Crippen LogP contribution in [-0.2, 0) is 16.1 Å². The van der Waals surface area contributed by atoms with Crippen LogP contribution in [0.25, 0.3) is 0 Å². The molecular weight excluding hydrogens is 302 g/mol. The van der Waals surface area contributed by atoms with Crippen molar-refractivity contribution in [3.63, 3.8) is 0 Å². The third kappa shape index (κ3) is 5.39. The van der Waals surface area contributed by atoms with Gasteiger partial charge in [-0.2, -0.15) is 0 Å². The van der Waals surface area contributed by atoms with Gasteiger partial charge in [0.2, 0.25) is 11.8 Å². The molecule has 1 aromatic rings. The van der Waals surface area contributed by atoms with E-state index in [4.69, 9.17) is 6.42 Å². The summed E-state index contributed by atoms with van der Waals surface area (Å²) in [6.45, 7) is 3.87. The molecule has 0 spiro atoms. The van der Waals surface area contributed by atoms with Crippen molar-refractivity contribution in [3.8, 4) is 12.3 Å². The molecule has 5 heteroatoms. The second-order valence-corrected chi connectivity index (χ2v) is 6.17. The average Bonchev–Trinajstić information content (AvgIpc) is 2.58. The topological polar surface area (TPSA) is 61.4 Å². The molecule has 0 aliphatic carbocycles. The van der Waals surface area contributed by atoms with E-state index in [0.717, 1.165) is 32.4 Å². The number of hydrogen-bond acceptors (Lipinski definition) is 3. The lowest BCUT2D eigenvalue weighted by Gasteiger charge is -2.34. The fourth-order valence-corrected chi connectivity index (χ4v) is 3.02. The van der Waals surface area contributed by atoms with Crippen molar-refractivity contribution in [2.45, 2.75) is 38.8 Å². The molecular formula is C19H25N3O2. The predicted octanol–water partition coefficient (Wildman–Crippen LogP) is 1.22. The minimum absolute atomic E-state index is 0.0324. The number of likely N-dealkylation sites (tertiary alicyclic amines) is 1. The summed E-state index contributed by atoms with van der Waals surface area (Å²) in [6, 6.07) is 8.17. The van der Waals surface area contributed by atoms with Crippen LogP contribution in [0.2, 0.25) is 0 Å². The van der Waals surface area contributed by atoms with E-state index in [1.54, 1.807) is 0 Å². The van der Waals surface area contributed by atoms with Crippen molar-refractivity contribution in [2.24, 2.45) is 0 Å².